The maximum Gasteiger partial charge on any atom is 0.410 e. The third-order valence-electron chi connectivity index (χ3n) is 3.64. The standard InChI is InChI=1S/C17H24N2O4/c1-17(2,3)23-16(21)19-9-7-18(8-10-19)14-6-5-13(12-20)15(11-14)22-4/h5-6,11-12H,7-10H2,1-4H3. The fourth-order valence-corrected chi connectivity index (χ4v) is 2.47. The molecule has 2 rings (SSSR count). The Hall–Kier alpha value is -2.24. The zero-order valence-electron chi connectivity index (χ0n) is 14.2. The van der Waals surface area contributed by atoms with Crippen molar-refractivity contribution >= 4 is 18.1 Å². The summed E-state index contributed by atoms with van der Waals surface area (Å²) >= 11 is 0. The van der Waals surface area contributed by atoms with Gasteiger partial charge in [-0.3, -0.25) is 4.79 Å². The normalized spacial score (nSPS) is 15.3. The monoisotopic (exact) mass is 320 g/mol. The summed E-state index contributed by atoms with van der Waals surface area (Å²) in [4.78, 5) is 26.9. The molecule has 0 aliphatic carbocycles. The van der Waals surface area contributed by atoms with Gasteiger partial charge in [0.15, 0.2) is 6.29 Å². The van der Waals surface area contributed by atoms with Crippen LogP contribution in [0.3, 0.4) is 0 Å². The van der Waals surface area contributed by atoms with Gasteiger partial charge in [0.2, 0.25) is 0 Å². The first kappa shape index (κ1) is 17.1. The number of ether oxygens (including phenoxy) is 2. The first-order valence-electron chi connectivity index (χ1n) is 7.70. The summed E-state index contributed by atoms with van der Waals surface area (Å²) in [6, 6.07) is 5.50. The topological polar surface area (TPSA) is 59.1 Å². The van der Waals surface area contributed by atoms with Crippen molar-refractivity contribution in [3.63, 3.8) is 0 Å². The number of benzene rings is 1. The number of hydrogen-bond acceptors (Lipinski definition) is 5. The van der Waals surface area contributed by atoms with Crippen molar-refractivity contribution in [1.29, 1.82) is 0 Å². The maximum atomic E-state index is 12.1. The number of hydrogen-bond donors (Lipinski definition) is 0. The first-order chi connectivity index (χ1) is 10.8. The molecular formula is C17H24N2O4. The Balaban J connectivity index is 1.99. The van der Waals surface area contributed by atoms with Gasteiger partial charge in [-0.15, -0.1) is 0 Å². The van der Waals surface area contributed by atoms with Crippen molar-refractivity contribution in [2.45, 2.75) is 26.4 Å². The molecule has 6 nitrogen and oxygen atoms in total. The molecule has 0 aromatic heterocycles. The Morgan fingerprint density at radius 1 is 1.17 bits per heavy atom. The van der Waals surface area contributed by atoms with E-state index in [4.69, 9.17) is 9.47 Å². The van der Waals surface area contributed by atoms with Crippen LogP contribution in [0, 0.1) is 0 Å². The van der Waals surface area contributed by atoms with Gasteiger partial charge in [0.1, 0.15) is 11.4 Å². The lowest BCUT2D eigenvalue weighted by atomic mass is 10.1. The van der Waals surface area contributed by atoms with Gasteiger partial charge in [0, 0.05) is 37.9 Å². The molecule has 1 amide bonds. The minimum absolute atomic E-state index is 0.272. The van der Waals surface area contributed by atoms with E-state index in [1.807, 2.05) is 32.9 Å². The van der Waals surface area contributed by atoms with Gasteiger partial charge in [0.05, 0.1) is 12.7 Å². The van der Waals surface area contributed by atoms with Gasteiger partial charge >= 0.3 is 6.09 Å². The van der Waals surface area contributed by atoms with Crippen molar-refractivity contribution in [3.8, 4) is 5.75 Å². The summed E-state index contributed by atoms with van der Waals surface area (Å²) in [7, 11) is 1.55. The highest BCUT2D eigenvalue weighted by molar-refractivity contribution is 5.81. The Labute approximate surface area is 137 Å². The number of methoxy groups -OCH3 is 1. The van der Waals surface area contributed by atoms with Crippen LogP contribution in [0.5, 0.6) is 5.75 Å². The molecule has 0 saturated carbocycles. The van der Waals surface area contributed by atoms with E-state index in [9.17, 15) is 9.59 Å². The Morgan fingerprint density at radius 3 is 2.35 bits per heavy atom. The number of nitrogens with zero attached hydrogens (tertiary/aromatic N) is 2. The second kappa shape index (κ2) is 6.89. The smallest absolute Gasteiger partial charge is 0.410 e. The summed E-state index contributed by atoms with van der Waals surface area (Å²) in [5, 5.41) is 0. The van der Waals surface area contributed by atoms with Gasteiger partial charge in [-0.25, -0.2) is 4.79 Å². The lowest BCUT2D eigenvalue weighted by Crippen LogP contribution is -2.50. The zero-order chi connectivity index (χ0) is 17.0. The fraction of sp³-hybridized carbons (Fsp3) is 0.529. The van der Waals surface area contributed by atoms with Gasteiger partial charge in [-0.1, -0.05) is 0 Å². The Bertz CT molecular complexity index is 572. The third-order valence-corrected chi connectivity index (χ3v) is 3.64. The molecule has 1 aromatic rings. The third kappa shape index (κ3) is 4.37. The Kier molecular flexibility index (Phi) is 5.13. The first-order valence-corrected chi connectivity index (χ1v) is 7.70. The van der Waals surface area contributed by atoms with E-state index >= 15 is 0 Å². The molecule has 0 atom stereocenters. The predicted molar refractivity (Wildman–Crippen MR) is 88.4 cm³/mol. The number of piperazine rings is 1. The maximum absolute atomic E-state index is 12.1. The number of anilines is 1. The van der Waals surface area contributed by atoms with Crippen molar-refractivity contribution in [1.82, 2.24) is 4.90 Å². The van der Waals surface area contributed by atoms with E-state index in [0.717, 1.165) is 12.0 Å². The van der Waals surface area contributed by atoms with Crippen LogP contribution in [0.2, 0.25) is 0 Å². The zero-order valence-corrected chi connectivity index (χ0v) is 14.2. The number of aldehydes is 1. The quantitative estimate of drug-likeness (QED) is 0.801. The van der Waals surface area contributed by atoms with Gasteiger partial charge in [0.25, 0.3) is 0 Å². The van der Waals surface area contributed by atoms with Gasteiger partial charge in [-0.05, 0) is 32.9 Å². The van der Waals surface area contributed by atoms with Crippen molar-refractivity contribution in [3.05, 3.63) is 23.8 Å². The molecule has 0 unspecified atom stereocenters. The minimum atomic E-state index is -0.480. The second-order valence-electron chi connectivity index (χ2n) is 6.50. The highest BCUT2D eigenvalue weighted by atomic mass is 16.6. The highest BCUT2D eigenvalue weighted by Gasteiger charge is 2.26. The van der Waals surface area contributed by atoms with E-state index in [0.29, 0.717) is 37.5 Å². The second-order valence-corrected chi connectivity index (χ2v) is 6.50. The lowest BCUT2D eigenvalue weighted by Gasteiger charge is -2.36. The van der Waals surface area contributed by atoms with Crippen LogP contribution in [0.25, 0.3) is 0 Å². The Morgan fingerprint density at radius 2 is 1.83 bits per heavy atom. The molecule has 0 spiro atoms. The molecule has 1 aliphatic heterocycles. The summed E-state index contributed by atoms with van der Waals surface area (Å²) in [5.74, 6) is 0.562. The molecule has 0 bridgehead atoms. The van der Waals surface area contributed by atoms with E-state index in [2.05, 4.69) is 4.90 Å². The molecule has 23 heavy (non-hydrogen) atoms. The predicted octanol–water partition coefficient (Wildman–Crippen LogP) is 2.56. The molecule has 1 saturated heterocycles. The minimum Gasteiger partial charge on any atom is -0.496 e. The summed E-state index contributed by atoms with van der Waals surface area (Å²) in [6.07, 6.45) is 0.509. The number of rotatable bonds is 3. The molecule has 126 valence electrons. The van der Waals surface area contributed by atoms with E-state index in [-0.39, 0.29) is 6.09 Å². The molecular weight excluding hydrogens is 296 g/mol. The average Bonchev–Trinajstić information content (AvgIpc) is 2.52. The summed E-state index contributed by atoms with van der Waals surface area (Å²) in [5.41, 5.74) is 1.03. The van der Waals surface area contributed by atoms with E-state index in [1.165, 1.54) is 0 Å². The largest absolute Gasteiger partial charge is 0.496 e. The summed E-state index contributed by atoms with van der Waals surface area (Å²) < 4.78 is 10.6. The average molecular weight is 320 g/mol. The number of amides is 1. The van der Waals surface area contributed by atoms with Crippen LogP contribution in [-0.4, -0.2) is 56.2 Å². The number of carbonyl (C=O) groups excluding carboxylic acids is 2. The van der Waals surface area contributed by atoms with Gasteiger partial charge < -0.3 is 19.3 Å². The molecule has 1 heterocycles. The van der Waals surface area contributed by atoms with Crippen molar-refractivity contribution in [2.75, 3.05) is 38.2 Å². The molecule has 1 fully saturated rings. The van der Waals surface area contributed by atoms with Crippen LogP contribution in [0.15, 0.2) is 18.2 Å². The van der Waals surface area contributed by atoms with Gasteiger partial charge in [-0.2, -0.15) is 0 Å². The van der Waals surface area contributed by atoms with Crippen molar-refractivity contribution < 1.29 is 19.1 Å². The van der Waals surface area contributed by atoms with Crippen LogP contribution in [-0.2, 0) is 4.74 Å². The lowest BCUT2D eigenvalue weighted by molar-refractivity contribution is 0.0240. The molecule has 0 N–H and O–H groups in total. The molecule has 1 aromatic carbocycles. The van der Waals surface area contributed by atoms with E-state index < -0.39 is 5.60 Å². The molecule has 6 heteroatoms. The van der Waals surface area contributed by atoms with Crippen LogP contribution in [0.1, 0.15) is 31.1 Å². The fourth-order valence-electron chi connectivity index (χ4n) is 2.47. The van der Waals surface area contributed by atoms with Crippen LogP contribution >= 0.6 is 0 Å². The van der Waals surface area contributed by atoms with Crippen LogP contribution < -0.4 is 9.64 Å². The highest BCUT2D eigenvalue weighted by Crippen LogP contribution is 2.25. The van der Waals surface area contributed by atoms with Crippen LogP contribution in [0.4, 0.5) is 10.5 Å². The summed E-state index contributed by atoms with van der Waals surface area (Å²) in [6.45, 7) is 8.22. The molecule has 0 radical (unpaired) electrons. The van der Waals surface area contributed by atoms with E-state index in [1.54, 1.807) is 18.1 Å². The SMILES string of the molecule is COc1cc(N2CCN(C(=O)OC(C)(C)C)CC2)ccc1C=O. The van der Waals surface area contributed by atoms with Crippen molar-refractivity contribution in [2.24, 2.45) is 0 Å². The molecule has 1 aliphatic rings. The number of carbonyl (C=O) groups is 2.